The zero-order valence-electron chi connectivity index (χ0n) is 11.8. The minimum Gasteiger partial charge on any atom is -0.316 e. The summed E-state index contributed by atoms with van der Waals surface area (Å²) in [5.74, 6) is 0.910. The molecule has 0 spiro atoms. The van der Waals surface area contributed by atoms with Crippen molar-refractivity contribution in [2.45, 2.75) is 39.3 Å². The van der Waals surface area contributed by atoms with Crippen LogP contribution >= 0.6 is 0 Å². The molecule has 1 heterocycles. The Morgan fingerprint density at radius 1 is 1.11 bits per heavy atom. The van der Waals surface area contributed by atoms with Crippen molar-refractivity contribution in [1.82, 2.24) is 10.2 Å². The molecule has 0 aromatic heterocycles. The molecule has 1 aliphatic heterocycles. The molecule has 0 aliphatic carbocycles. The zero-order chi connectivity index (χ0) is 12.8. The SMILES string of the molecule is CNCc1ccc(CN2CCCC(C)CC2)cc1. The summed E-state index contributed by atoms with van der Waals surface area (Å²) >= 11 is 0. The molecule has 1 fully saturated rings. The summed E-state index contributed by atoms with van der Waals surface area (Å²) in [6.45, 7) is 6.99. The molecule has 1 aliphatic rings. The normalized spacial score (nSPS) is 21.8. The Balaban J connectivity index is 1.88. The standard InChI is InChI=1S/C16H26N2/c1-14-4-3-10-18(11-9-14)13-16-7-5-15(6-8-16)12-17-2/h5-8,14,17H,3-4,9-13H2,1-2H3. The largest absolute Gasteiger partial charge is 0.316 e. The molecule has 100 valence electrons. The van der Waals surface area contributed by atoms with Crippen LogP contribution in [0.1, 0.15) is 37.3 Å². The van der Waals surface area contributed by atoms with E-state index in [4.69, 9.17) is 0 Å². The van der Waals surface area contributed by atoms with Gasteiger partial charge in [0.15, 0.2) is 0 Å². The van der Waals surface area contributed by atoms with Gasteiger partial charge in [-0.3, -0.25) is 4.90 Å². The van der Waals surface area contributed by atoms with Crippen molar-refractivity contribution in [3.63, 3.8) is 0 Å². The molecule has 1 N–H and O–H groups in total. The van der Waals surface area contributed by atoms with E-state index in [2.05, 4.69) is 41.4 Å². The van der Waals surface area contributed by atoms with Crippen LogP contribution in [0.2, 0.25) is 0 Å². The van der Waals surface area contributed by atoms with Crippen LogP contribution in [0.15, 0.2) is 24.3 Å². The molecule has 0 saturated carbocycles. The van der Waals surface area contributed by atoms with Crippen molar-refractivity contribution in [3.8, 4) is 0 Å². The zero-order valence-corrected chi connectivity index (χ0v) is 11.8. The van der Waals surface area contributed by atoms with E-state index in [0.29, 0.717) is 0 Å². The smallest absolute Gasteiger partial charge is 0.0233 e. The summed E-state index contributed by atoms with van der Waals surface area (Å²) in [4.78, 5) is 2.61. The summed E-state index contributed by atoms with van der Waals surface area (Å²) in [6.07, 6.45) is 4.12. The molecule has 1 atom stereocenters. The maximum Gasteiger partial charge on any atom is 0.0233 e. The van der Waals surface area contributed by atoms with E-state index >= 15 is 0 Å². The highest BCUT2D eigenvalue weighted by atomic mass is 15.1. The van der Waals surface area contributed by atoms with Gasteiger partial charge in [0, 0.05) is 13.1 Å². The van der Waals surface area contributed by atoms with E-state index in [-0.39, 0.29) is 0 Å². The first kappa shape index (κ1) is 13.6. The lowest BCUT2D eigenvalue weighted by molar-refractivity contribution is 0.273. The molecule has 2 nitrogen and oxygen atoms in total. The molecular weight excluding hydrogens is 220 g/mol. The number of likely N-dealkylation sites (tertiary alicyclic amines) is 1. The Hall–Kier alpha value is -0.860. The molecule has 0 amide bonds. The maximum atomic E-state index is 3.19. The number of rotatable bonds is 4. The van der Waals surface area contributed by atoms with Gasteiger partial charge in [0.25, 0.3) is 0 Å². The van der Waals surface area contributed by atoms with Crippen molar-refractivity contribution in [3.05, 3.63) is 35.4 Å². The molecule has 1 saturated heterocycles. The molecule has 2 rings (SSSR count). The molecule has 0 radical (unpaired) electrons. The highest BCUT2D eigenvalue weighted by Gasteiger charge is 2.13. The first-order chi connectivity index (χ1) is 8.78. The second-order valence-corrected chi connectivity index (χ2v) is 5.66. The molecule has 18 heavy (non-hydrogen) atoms. The van der Waals surface area contributed by atoms with Crippen molar-refractivity contribution < 1.29 is 0 Å². The van der Waals surface area contributed by atoms with Crippen LogP contribution in [0.3, 0.4) is 0 Å². The summed E-state index contributed by atoms with van der Waals surface area (Å²) in [6, 6.07) is 9.04. The maximum absolute atomic E-state index is 3.19. The summed E-state index contributed by atoms with van der Waals surface area (Å²) in [5, 5.41) is 3.19. The minimum atomic E-state index is 0.910. The highest BCUT2D eigenvalue weighted by molar-refractivity contribution is 5.22. The van der Waals surface area contributed by atoms with Crippen LogP contribution in [0, 0.1) is 5.92 Å². The Bertz CT molecular complexity index is 345. The van der Waals surface area contributed by atoms with E-state index in [1.54, 1.807) is 0 Å². The lowest BCUT2D eigenvalue weighted by atomic mass is 10.0. The van der Waals surface area contributed by atoms with E-state index in [0.717, 1.165) is 19.0 Å². The van der Waals surface area contributed by atoms with Crippen LogP contribution in [0.25, 0.3) is 0 Å². The highest BCUT2D eigenvalue weighted by Crippen LogP contribution is 2.18. The van der Waals surface area contributed by atoms with Crippen LogP contribution in [-0.4, -0.2) is 25.0 Å². The second kappa shape index (κ2) is 6.91. The Morgan fingerprint density at radius 2 is 1.83 bits per heavy atom. The van der Waals surface area contributed by atoms with Gasteiger partial charge in [0.2, 0.25) is 0 Å². The van der Waals surface area contributed by atoms with Gasteiger partial charge in [-0.2, -0.15) is 0 Å². The average Bonchev–Trinajstić information content (AvgIpc) is 2.57. The third-order valence-electron chi connectivity index (χ3n) is 3.92. The van der Waals surface area contributed by atoms with Crippen LogP contribution in [-0.2, 0) is 13.1 Å². The summed E-state index contributed by atoms with van der Waals surface area (Å²) in [5.41, 5.74) is 2.81. The molecule has 0 bridgehead atoms. The number of nitrogens with zero attached hydrogens (tertiary/aromatic N) is 1. The number of benzene rings is 1. The summed E-state index contributed by atoms with van der Waals surface area (Å²) in [7, 11) is 1.99. The minimum absolute atomic E-state index is 0.910. The molecule has 1 aromatic carbocycles. The quantitative estimate of drug-likeness (QED) is 0.878. The van der Waals surface area contributed by atoms with E-state index < -0.39 is 0 Å². The lowest BCUT2D eigenvalue weighted by Crippen LogP contribution is -2.24. The fourth-order valence-electron chi connectivity index (χ4n) is 2.71. The second-order valence-electron chi connectivity index (χ2n) is 5.66. The molecule has 1 aromatic rings. The Morgan fingerprint density at radius 3 is 2.56 bits per heavy atom. The van der Waals surface area contributed by atoms with Gasteiger partial charge >= 0.3 is 0 Å². The lowest BCUT2D eigenvalue weighted by Gasteiger charge is -2.20. The van der Waals surface area contributed by atoms with Gasteiger partial charge in [0.1, 0.15) is 0 Å². The first-order valence-corrected chi connectivity index (χ1v) is 7.22. The third kappa shape index (κ3) is 4.11. The molecule has 2 heteroatoms. The topological polar surface area (TPSA) is 15.3 Å². The third-order valence-corrected chi connectivity index (χ3v) is 3.92. The monoisotopic (exact) mass is 246 g/mol. The van der Waals surface area contributed by atoms with Gasteiger partial charge < -0.3 is 5.32 Å². The predicted molar refractivity (Wildman–Crippen MR) is 77.5 cm³/mol. The molecule has 1 unspecified atom stereocenters. The van der Waals surface area contributed by atoms with Gasteiger partial charge in [-0.25, -0.2) is 0 Å². The van der Waals surface area contributed by atoms with E-state index in [1.165, 1.54) is 43.5 Å². The number of hydrogen-bond donors (Lipinski definition) is 1. The number of nitrogens with one attached hydrogen (secondary N) is 1. The molecular formula is C16H26N2. The average molecular weight is 246 g/mol. The van der Waals surface area contributed by atoms with Crippen molar-refractivity contribution >= 4 is 0 Å². The van der Waals surface area contributed by atoms with Crippen LogP contribution in [0.4, 0.5) is 0 Å². The van der Waals surface area contributed by atoms with Crippen LogP contribution in [0.5, 0.6) is 0 Å². The Labute approximate surface area is 111 Å². The fraction of sp³-hybridized carbons (Fsp3) is 0.625. The Kier molecular flexibility index (Phi) is 5.21. The first-order valence-electron chi connectivity index (χ1n) is 7.22. The predicted octanol–water partition coefficient (Wildman–Crippen LogP) is 3.03. The number of hydrogen-bond acceptors (Lipinski definition) is 2. The fourth-order valence-corrected chi connectivity index (χ4v) is 2.71. The van der Waals surface area contributed by atoms with Gasteiger partial charge in [-0.05, 0) is 56.4 Å². The van der Waals surface area contributed by atoms with Gasteiger partial charge in [0.05, 0.1) is 0 Å². The van der Waals surface area contributed by atoms with Crippen molar-refractivity contribution in [1.29, 1.82) is 0 Å². The van der Waals surface area contributed by atoms with E-state index in [9.17, 15) is 0 Å². The van der Waals surface area contributed by atoms with E-state index in [1.807, 2.05) is 7.05 Å². The van der Waals surface area contributed by atoms with Gasteiger partial charge in [-0.15, -0.1) is 0 Å². The van der Waals surface area contributed by atoms with Crippen LogP contribution < -0.4 is 5.32 Å². The van der Waals surface area contributed by atoms with Crippen molar-refractivity contribution in [2.24, 2.45) is 5.92 Å². The summed E-state index contributed by atoms with van der Waals surface area (Å²) < 4.78 is 0. The van der Waals surface area contributed by atoms with Crippen molar-refractivity contribution in [2.75, 3.05) is 20.1 Å². The van der Waals surface area contributed by atoms with Gasteiger partial charge in [-0.1, -0.05) is 31.2 Å².